The van der Waals surface area contributed by atoms with Gasteiger partial charge in [0.25, 0.3) is 0 Å². The van der Waals surface area contributed by atoms with Crippen LogP contribution in [0.4, 0.5) is 0 Å². The third-order valence-electron chi connectivity index (χ3n) is 0.613. The molecule has 0 spiro atoms. The number of hydrogen-bond acceptors (Lipinski definition) is 2. The van der Waals surface area contributed by atoms with Crippen LogP contribution in [0.1, 0.15) is 6.92 Å². The lowest BCUT2D eigenvalue weighted by Crippen LogP contribution is -1.95. The Morgan fingerprint density at radius 2 is 2.25 bits per heavy atom. The van der Waals surface area contributed by atoms with E-state index in [9.17, 15) is 0 Å². The van der Waals surface area contributed by atoms with Gasteiger partial charge in [-0.3, -0.25) is 0 Å². The largest absolute Gasteiger partial charge is 0.467 e. The van der Waals surface area contributed by atoms with Crippen LogP contribution in [-0.4, -0.2) is 26.4 Å². The highest BCUT2D eigenvalue weighted by atomic mass is 16.5. The molecular formula is C5H10N2O. The van der Waals surface area contributed by atoms with Crippen molar-refractivity contribution in [2.75, 3.05) is 14.2 Å². The lowest BCUT2D eigenvalue weighted by atomic mass is 10.9. The molecule has 0 aliphatic heterocycles. The molecule has 3 heteroatoms. The monoisotopic (exact) mass is 114 g/mol. The van der Waals surface area contributed by atoms with E-state index in [4.69, 9.17) is 4.74 Å². The molecule has 0 aliphatic carbocycles. The van der Waals surface area contributed by atoms with E-state index in [1.807, 2.05) is 6.92 Å². The second-order valence-electron chi connectivity index (χ2n) is 1.10. The molecule has 0 unspecified atom stereocenters. The molecule has 3 nitrogen and oxygen atoms in total. The van der Waals surface area contributed by atoms with Gasteiger partial charge in [-0.2, -0.15) is 0 Å². The van der Waals surface area contributed by atoms with E-state index < -0.39 is 0 Å². The Kier molecular flexibility index (Phi) is 3.84. The first kappa shape index (κ1) is 7.14. The molecule has 0 fully saturated rings. The van der Waals surface area contributed by atoms with Gasteiger partial charge in [0.1, 0.15) is 0 Å². The summed E-state index contributed by atoms with van der Waals surface area (Å²) in [6, 6.07) is 0.410. The van der Waals surface area contributed by atoms with Gasteiger partial charge in [-0.15, -0.1) is 0 Å². The first-order valence-corrected chi connectivity index (χ1v) is 2.34. The Bertz CT molecular complexity index is 104. The van der Waals surface area contributed by atoms with Crippen molar-refractivity contribution in [2.24, 2.45) is 9.98 Å². The number of aliphatic imine (C=N–C) groups is 2. The fourth-order valence-electron chi connectivity index (χ4n) is 0.312. The smallest absolute Gasteiger partial charge is 0.310 e. The Labute approximate surface area is 49.1 Å². The lowest BCUT2D eigenvalue weighted by Gasteiger charge is -1.91. The van der Waals surface area contributed by atoms with Gasteiger partial charge < -0.3 is 4.74 Å². The highest BCUT2D eigenvalue weighted by Crippen LogP contribution is 1.77. The average Bonchev–Trinajstić information content (AvgIpc) is 1.83. The van der Waals surface area contributed by atoms with Crippen LogP contribution >= 0.6 is 0 Å². The molecule has 0 rings (SSSR count). The van der Waals surface area contributed by atoms with Crippen LogP contribution in [0.15, 0.2) is 9.98 Å². The molecule has 46 valence electrons. The third kappa shape index (κ3) is 2.34. The second-order valence-corrected chi connectivity index (χ2v) is 1.10. The van der Waals surface area contributed by atoms with E-state index in [0.29, 0.717) is 6.02 Å². The van der Waals surface area contributed by atoms with Gasteiger partial charge in [-0.25, -0.2) is 9.98 Å². The Balaban J connectivity index is 3.72. The van der Waals surface area contributed by atoms with Gasteiger partial charge in [0.05, 0.1) is 7.11 Å². The number of methoxy groups -OCH3 is 1. The van der Waals surface area contributed by atoms with Crippen molar-refractivity contribution >= 4 is 12.2 Å². The van der Waals surface area contributed by atoms with Gasteiger partial charge in [0, 0.05) is 13.3 Å². The molecule has 0 aromatic carbocycles. The van der Waals surface area contributed by atoms with Gasteiger partial charge >= 0.3 is 6.02 Å². The maximum Gasteiger partial charge on any atom is 0.310 e. The van der Waals surface area contributed by atoms with Gasteiger partial charge in [-0.05, 0) is 6.92 Å². The summed E-state index contributed by atoms with van der Waals surface area (Å²) in [5.74, 6) is 0. The van der Waals surface area contributed by atoms with Crippen molar-refractivity contribution in [3.63, 3.8) is 0 Å². The maximum absolute atomic E-state index is 4.69. The van der Waals surface area contributed by atoms with Gasteiger partial charge in [0.15, 0.2) is 0 Å². The van der Waals surface area contributed by atoms with Crippen molar-refractivity contribution in [3.8, 4) is 0 Å². The summed E-state index contributed by atoms with van der Waals surface area (Å²) in [5.41, 5.74) is 0. The summed E-state index contributed by atoms with van der Waals surface area (Å²) >= 11 is 0. The molecule has 0 aromatic rings. The molecular weight excluding hydrogens is 104 g/mol. The highest BCUT2D eigenvalue weighted by molar-refractivity contribution is 5.82. The summed E-state index contributed by atoms with van der Waals surface area (Å²) in [7, 11) is 3.17. The topological polar surface area (TPSA) is 34.0 Å². The Morgan fingerprint density at radius 3 is 2.38 bits per heavy atom. The van der Waals surface area contributed by atoms with E-state index in [2.05, 4.69) is 9.98 Å². The molecule has 0 atom stereocenters. The average molecular weight is 114 g/mol. The van der Waals surface area contributed by atoms with Crippen molar-refractivity contribution in [1.29, 1.82) is 0 Å². The van der Waals surface area contributed by atoms with Crippen LogP contribution in [0, 0.1) is 0 Å². The van der Waals surface area contributed by atoms with Crippen LogP contribution < -0.4 is 0 Å². The number of rotatable bonds is 0. The van der Waals surface area contributed by atoms with Crippen molar-refractivity contribution in [3.05, 3.63) is 0 Å². The van der Waals surface area contributed by atoms with Gasteiger partial charge in [-0.1, -0.05) is 0 Å². The summed E-state index contributed by atoms with van der Waals surface area (Å²) in [4.78, 5) is 7.46. The van der Waals surface area contributed by atoms with E-state index in [0.717, 1.165) is 0 Å². The zero-order valence-corrected chi connectivity index (χ0v) is 5.38. The summed E-state index contributed by atoms with van der Waals surface area (Å²) < 4.78 is 4.69. The molecule has 0 amide bonds. The quantitative estimate of drug-likeness (QED) is 0.337. The summed E-state index contributed by atoms with van der Waals surface area (Å²) in [5, 5.41) is 0. The van der Waals surface area contributed by atoms with Crippen LogP contribution in [-0.2, 0) is 4.74 Å². The molecule has 0 aromatic heterocycles. The fourth-order valence-corrected chi connectivity index (χ4v) is 0.312. The molecule has 0 N–H and O–H groups in total. The molecule has 0 radical (unpaired) electrons. The van der Waals surface area contributed by atoms with E-state index >= 15 is 0 Å². The second kappa shape index (κ2) is 4.30. The third-order valence-corrected chi connectivity index (χ3v) is 0.613. The first-order chi connectivity index (χ1) is 3.85. The molecule has 0 aliphatic rings. The van der Waals surface area contributed by atoms with E-state index in [-0.39, 0.29) is 0 Å². The summed E-state index contributed by atoms with van der Waals surface area (Å²) in [6.45, 7) is 1.81. The number of amidine groups is 1. The number of hydrogen-bond donors (Lipinski definition) is 0. The zero-order valence-electron chi connectivity index (χ0n) is 5.38. The molecule has 0 saturated carbocycles. The highest BCUT2D eigenvalue weighted by Gasteiger charge is 1.83. The number of nitrogens with zero attached hydrogens (tertiary/aromatic N) is 2. The van der Waals surface area contributed by atoms with Crippen LogP contribution in [0.5, 0.6) is 0 Å². The van der Waals surface area contributed by atoms with Crippen LogP contribution in [0.2, 0.25) is 0 Å². The molecule has 8 heavy (non-hydrogen) atoms. The van der Waals surface area contributed by atoms with Crippen molar-refractivity contribution < 1.29 is 4.74 Å². The maximum atomic E-state index is 4.69. The van der Waals surface area contributed by atoms with E-state index in [1.54, 1.807) is 13.3 Å². The summed E-state index contributed by atoms with van der Waals surface area (Å²) in [6.07, 6.45) is 1.63. The minimum absolute atomic E-state index is 0.410. The molecule has 0 saturated heterocycles. The fraction of sp³-hybridized carbons (Fsp3) is 0.600. The van der Waals surface area contributed by atoms with Crippen LogP contribution in [0.25, 0.3) is 0 Å². The number of ether oxygens (including phenoxy) is 1. The standard InChI is InChI=1S/C5H10N2O/c1-4-7-5(6-2)8-3/h4H,1-3H3/b6-5+,7-4-. The predicted octanol–water partition coefficient (Wildman–Crippen LogP) is 0.709. The first-order valence-electron chi connectivity index (χ1n) is 2.34. The lowest BCUT2D eigenvalue weighted by molar-refractivity contribution is 0.396. The Morgan fingerprint density at radius 1 is 1.62 bits per heavy atom. The predicted molar refractivity (Wildman–Crippen MR) is 34.5 cm³/mol. The SMILES string of the molecule is C/C=N\C(=N/C)OC. The Hall–Kier alpha value is -0.860. The van der Waals surface area contributed by atoms with Crippen molar-refractivity contribution in [2.45, 2.75) is 6.92 Å². The molecule has 0 bridgehead atoms. The van der Waals surface area contributed by atoms with E-state index in [1.165, 1.54) is 7.11 Å². The zero-order chi connectivity index (χ0) is 6.41. The minimum atomic E-state index is 0.410. The van der Waals surface area contributed by atoms with Crippen molar-refractivity contribution in [1.82, 2.24) is 0 Å². The molecule has 0 heterocycles. The van der Waals surface area contributed by atoms with Gasteiger partial charge in [0.2, 0.25) is 0 Å². The van der Waals surface area contributed by atoms with Crippen LogP contribution in [0.3, 0.4) is 0 Å². The minimum Gasteiger partial charge on any atom is -0.467 e. The normalized spacial score (nSPS) is 12.6.